The lowest BCUT2D eigenvalue weighted by molar-refractivity contribution is 0.0527. The molecule has 1 atom stereocenters. The van der Waals surface area contributed by atoms with Crippen molar-refractivity contribution in [2.75, 3.05) is 13.2 Å². The van der Waals surface area contributed by atoms with Crippen LogP contribution in [0.3, 0.4) is 0 Å². The predicted octanol–water partition coefficient (Wildman–Crippen LogP) is 2.49. The van der Waals surface area contributed by atoms with Crippen molar-refractivity contribution in [2.24, 2.45) is 0 Å². The van der Waals surface area contributed by atoms with Crippen molar-refractivity contribution < 1.29 is 14.6 Å². The molecule has 2 aromatic rings. The molecule has 0 unspecified atom stereocenters. The molecule has 1 heterocycles. The van der Waals surface area contributed by atoms with E-state index in [2.05, 4.69) is 5.32 Å². The number of nitrogens with zero attached hydrogens (tertiary/aromatic N) is 1. The summed E-state index contributed by atoms with van der Waals surface area (Å²) in [7, 11) is 0. The van der Waals surface area contributed by atoms with Gasteiger partial charge in [0.25, 0.3) is 0 Å². The number of carbonyl (C=O) groups excluding carboxylic acids is 1. The first-order valence-corrected chi connectivity index (χ1v) is 8.12. The first kappa shape index (κ1) is 17.5. The molecule has 1 aromatic carbocycles. The number of benzene rings is 1. The molecule has 0 fully saturated rings. The predicted molar refractivity (Wildman–Crippen MR) is 91.8 cm³/mol. The molecule has 0 aliphatic rings. The Labute approximate surface area is 137 Å². The zero-order valence-corrected chi connectivity index (χ0v) is 14.3. The van der Waals surface area contributed by atoms with Crippen molar-refractivity contribution in [3.63, 3.8) is 0 Å². The number of aliphatic hydroxyl groups excluding tert-OH is 1. The zero-order chi connectivity index (χ0) is 17.0. The molecule has 5 nitrogen and oxygen atoms in total. The van der Waals surface area contributed by atoms with Gasteiger partial charge in [-0.15, -0.1) is 0 Å². The topological polar surface area (TPSA) is 63.5 Å². The molecule has 0 spiro atoms. The van der Waals surface area contributed by atoms with Gasteiger partial charge in [-0.05, 0) is 19.9 Å². The monoisotopic (exact) mass is 318 g/mol. The van der Waals surface area contributed by atoms with E-state index in [1.165, 1.54) is 0 Å². The van der Waals surface area contributed by atoms with Crippen molar-refractivity contribution in [3.8, 4) is 0 Å². The number of rotatable bonds is 7. The normalized spacial score (nSPS) is 12.8. The van der Waals surface area contributed by atoms with E-state index in [9.17, 15) is 9.90 Å². The second-order valence-corrected chi connectivity index (χ2v) is 6.03. The third-order valence-electron chi connectivity index (χ3n) is 3.87. The number of ether oxygens (including phenoxy) is 1. The third-order valence-corrected chi connectivity index (χ3v) is 3.87. The number of aliphatic hydroxyl groups is 1. The van der Waals surface area contributed by atoms with Crippen LogP contribution in [0.1, 0.15) is 36.8 Å². The molecule has 0 amide bonds. The van der Waals surface area contributed by atoms with E-state index in [1.54, 1.807) is 6.92 Å². The Kier molecular flexibility index (Phi) is 5.80. The number of para-hydroxylation sites is 1. The molecule has 2 rings (SSSR count). The first-order chi connectivity index (χ1) is 11.0. The summed E-state index contributed by atoms with van der Waals surface area (Å²) in [6.45, 7) is 9.08. The van der Waals surface area contributed by atoms with Gasteiger partial charge < -0.3 is 19.7 Å². The Morgan fingerprint density at radius 2 is 2.04 bits per heavy atom. The molecule has 2 N–H and O–H groups in total. The Morgan fingerprint density at radius 3 is 2.70 bits per heavy atom. The summed E-state index contributed by atoms with van der Waals surface area (Å²) in [5, 5.41) is 14.4. The average Bonchev–Trinajstić information content (AvgIpc) is 2.78. The fourth-order valence-electron chi connectivity index (χ4n) is 2.77. The molecule has 0 saturated heterocycles. The molecule has 126 valence electrons. The highest BCUT2D eigenvalue weighted by Crippen LogP contribution is 2.26. The van der Waals surface area contributed by atoms with Gasteiger partial charge in [-0.1, -0.05) is 32.0 Å². The molecular formula is C18H26N2O3. The summed E-state index contributed by atoms with van der Waals surface area (Å²) in [5.41, 5.74) is 2.36. The molecule has 0 aliphatic carbocycles. The Hall–Kier alpha value is -1.85. The Bertz CT molecular complexity index is 676. The van der Waals surface area contributed by atoms with Gasteiger partial charge in [0.2, 0.25) is 0 Å². The van der Waals surface area contributed by atoms with Crippen molar-refractivity contribution in [3.05, 3.63) is 35.5 Å². The van der Waals surface area contributed by atoms with Crippen LogP contribution >= 0.6 is 0 Å². The lowest BCUT2D eigenvalue weighted by atomic mass is 10.1. The fraction of sp³-hybridized carbons (Fsp3) is 0.500. The standard InChI is InChI=1S/C18H26N2O3/c1-5-23-18(22)17-13(4)20(11-14(21)10-19-12(2)3)16-9-7-6-8-15(16)17/h6-9,12,14,19,21H,5,10-11H2,1-4H3/t14-/m1/s1. The van der Waals surface area contributed by atoms with Crippen LogP contribution in [0.25, 0.3) is 10.9 Å². The molecule has 1 aromatic heterocycles. The van der Waals surface area contributed by atoms with Crippen LogP contribution in [-0.2, 0) is 11.3 Å². The zero-order valence-electron chi connectivity index (χ0n) is 14.3. The number of hydrogen-bond donors (Lipinski definition) is 2. The van der Waals surface area contributed by atoms with Gasteiger partial charge in [-0.3, -0.25) is 0 Å². The van der Waals surface area contributed by atoms with Crippen LogP contribution in [0.15, 0.2) is 24.3 Å². The SMILES string of the molecule is CCOC(=O)c1c(C)n(C[C@H](O)CNC(C)C)c2ccccc12. The molecule has 0 aliphatic heterocycles. The smallest absolute Gasteiger partial charge is 0.340 e. The van der Waals surface area contributed by atoms with Crippen LogP contribution in [-0.4, -0.2) is 40.9 Å². The number of carbonyl (C=O) groups is 1. The minimum atomic E-state index is -0.526. The second-order valence-electron chi connectivity index (χ2n) is 6.03. The summed E-state index contributed by atoms with van der Waals surface area (Å²) in [5.74, 6) is -0.310. The van der Waals surface area contributed by atoms with Gasteiger partial charge in [-0.25, -0.2) is 4.79 Å². The molecule has 0 bridgehead atoms. The first-order valence-electron chi connectivity index (χ1n) is 8.12. The van der Waals surface area contributed by atoms with Gasteiger partial charge in [0, 0.05) is 29.2 Å². The van der Waals surface area contributed by atoms with Crippen LogP contribution < -0.4 is 5.32 Å². The van der Waals surface area contributed by atoms with Crippen molar-refractivity contribution in [1.82, 2.24) is 9.88 Å². The van der Waals surface area contributed by atoms with E-state index < -0.39 is 6.10 Å². The van der Waals surface area contributed by atoms with E-state index >= 15 is 0 Å². The number of fused-ring (bicyclic) bond motifs is 1. The summed E-state index contributed by atoms with van der Waals surface area (Å²) in [4.78, 5) is 12.3. The number of nitrogens with one attached hydrogen (secondary N) is 1. The van der Waals surface area contributed by atoms with E-state index in [0.717, 1.165) is 16.6 Å². The molecular weight excluding hydrogens is 292 g/mol. The minimum absolute atomic E-state index is 0.310. The van der Waals surface area contributed by atoms with Crippen molar-refractivity contribution in [2.45, 2.75) is 46.4 Å². The van der Waals surface area contributed by atoms with Gasteiger partial charge >= 0.3 is 5.97 Å². The summed E-state index contributed by atoms with van der Waals surface area (Å²) >= 11 is 0. The van der Waals surface area contributed by atoms with Crippen LogP contribution in [0.5, 0.6) is 0 Å². The largest absolute Gasteiger partial charge is 0.462 e. The Balaban J connectivity index is 2.36. The second kappa shape index (κ2) is 7.62. The summed E-state index contributed by atoms with van der Waals surface area (Å²) < 4.78 is 7.18. The van der Waals surface area contributed by atoms with Crippen LogP contribution in [0, 0.1) is 6.92 Å². The van der Waals surface area contributed by atoms with Crippen LogP contribution in [0.2, 0.25) is 0 Å². The van der Waals surface area contributed by atoms with E-state index in [-0.39, 0.29) is 5.97 Å². The number of hydrogen-bond acceptors (Lipinski definition) is 4. The van der Waals surface area contributed by atoms with Gasteiger partial charge in [0.15, 0.2) is 0 Å². The maximum Gasteiger partial charge on any atom is 0.340 e. The van der Waals surface area contributed by atoms with Crippen LogP contribution in [0.4, 0.5) is 0 Å². The van der Waals surface area contributed by atoms with E-state index in [1.807, 2.05) is 49.6 Å². The van der Waals surface area contributed by atoms with Gasteiger partial charge in [0.1, 0.15) is 0 Å². The quantitative estimate of drug-likeness (QED) is 0.770. The average molecular weight is 318 g/mol. The lowest BCUT2D eigenvalue weighted by Gasteiger charge is -2.17. The highest BCUT2D eigenvalue weighted by atomic mass is 16.5. The molecule has 23 heavy (non-hydrogen) atoms. The molecule has 0 saturated carbocycles. The third kappa shape index (κ3) is 3.92. The van der Waals surface area contributed by atoms with Crippen molar-refractivity contribution in [1.29, 1.82) is 0 Å². The van der Waals surface area contributed by atoms with Gasteiger partial charge in [-0.2, -0.15) is 0 Å². The summed E-state index contributed by atoms with van der Waals surface area (Å²) in [6.07, 6.45) is -0.526. The van der Waals surface area contributed by atoms with Crippen molar-refractivity contribution >= 4 is 16.9 Å². The maximum absolute atomic E-state index is 12.3. The highest BCUT2D eigenvalue weighted by Gasteiger charge is 2.21. The van der Waals surface area contributed by atoms with Gasteiger partial charge in [0.05, 0.1) is 24.8 Å². The Morgan fingerprint density at radius 1 is 1.35 bits per heavy atom. The number of aromatic nitrogens is 1. The fourth-order valence-corrected chi connectivity index (χ4v) is 2.77. The highest BCUT2D eigenvalue weighted by molar-refractivity contribution is 6.05. The number of esters is 1. The maximum atomic E-state index is 12.3. The minimum Gasteiger partial charge on any atom is -0.462 e. The van der Waals surface area contributed by atoms with E-state index in [4.69, 9.17) is 4.74 Å². The lowest BCUT2D eigenvalue weighted by Crippen LogP contribution is -2.34. The van der Waals surface area contributed by atoms with E-state index in [0.29, 0.717) is 31.3 Å². The summed E-state index contributed by atoms with van der Waals surface area (Å²) in [6, 6.07) is 8.05. The molecule has 5 heteroatoms. The molecule has 0 radical (unpaired) electrons.